The maximum Gasteiger partial charge on any atom is 0.372 e. The molecule has 2 aromatic rings. The van der Waals surface area contributed by atoms with Gasteiger partial charge in [0.15, 0.2) is 0 Å². The van der Waals surface area contributed by atoms with Crippen molar-refractivity contribution in [2.45, 2.75) is 12.5 Å². The third-order valence-electron chi connectivity index (χ3n) is 3.14. The van der Waals surface area contributed by atoms with Crippen LogP contribution in [0.15, 0.2) is 11.6 Å². The number of anilines is 1. The van der Waals surface area contributed by atoms with Gasteiger partial charge in [-0.2, -0.15) is 9.38 Å². The van der Waals surface area contributed by atoms with Gasteiger partial charge in [-0.25, -0.2) is 0 Å². The number of imidazole rings is 1. The molecule has 1 fully saturated rings. The Morgan fingerprint density at radius 1 is 1.67 bits per heavy atom. The minimum atomic E-state index is -0.381. The van der Waals surface area contributed by atoms with Crippen LogP contribution in [0.1, 0.15) is 6.42 Å². The summed E-state index contributed by atoms with van der Waals surface area (Å²) in [4.78, 5) is 17.9. The number of likely N-dealkylation sites (tertiary alicyclic amines) is 1. The summed E-state index contributed by atoms with van der Waals surface area (Å²) in [5.74, 6) is 0.410. The van der Waals surface area contributed by atoms with Gasteiger partial charge in [0.05, 0.1) is 0 Å². The van der Waals surface area contributed by atoms with Crippen molar-refractivity contribution in [1.82, 2.24) is 14.3 Å². The molecule has 1 unspecified atom stereocenters. The van der Waals surface area contributed by atoms with Gasteiger partial charge in [-0.1, -0.05) is 11.3 Å². The summed E-state index contributed by atoms with van der Waals surface area (Å²) in [6.45, 7) is 1.90. The van der Waals surface area contributed by atoms with Gasteiger partial charge in [0.25, 0.3) is 4.96 Å². The molecular formula is C10H13N5O2S. The van der Waals surface area contributed by atoms with Gasteiger partial charge in [0.2, 0.25) is 5.82 Å². The van der Waals surface area contributed by atoms with Crippen LogP contribution in [-0.2, 0) is 0 Å². The Balaban J connectivity index is 1.93. The first kappa shape index (κ1) is 11.4. The number of hydrogen-bond acceptors (Lipinski definition) is 6. The van der Waals surface area contributed by atoms with E-state index in [0.29, 0.717) is 10.8 Å². The minimum absolute atomic E-state index is 0.0285. The number of likely N-dealkylation sites (N-methyl/N-ethyl adjacent to an activating group) is 1. The molecule has 96 valence electrons. The number of thiazole rings is 1. The number of nitro groups is 1. The fourth-order valence-corrected chi connectivity index (χ4v) is 3.00. The average molecular weight is 267 g/mol. The SMILES string of the molecule is CN1CCC(Nc2nc3sccn3c2[N+](=O)[O-])C1. The zero-order valence-corrected chi connectivity index (χ0v) is 10.7. The zero-order valence-electron chi connectivity index (χ0n) is 9.87. The van der Waals surface area contributed by atoms with Crippen LogP contribution < -0.4 is 5.32 Å². The van der Waals surface area contributed by atoms with Crippen LogP contribution in [0.3, 0.4) is 0 Å². The number of aromatic nitrogens is 2. The lowest BCUT2D eigenvalue weighted by Crippen LogP contribution is -2.24. The molecule has 3 heterocycles. The lowest BCUT2D eigenvalue weighted by molar-refractivity contribution is -0.389. The van der Waals surface area contributed by atoms with Crippen LogP contribution in [0.2, 0.25) is 0 Å². The Hall–Kier alpha value is -1.67. The summed E-state index contributed by atoms with van der Waals surface area (Å²) >= 11 is 1.40. The molecule has 1 atom stereocenters. The molecule has 3 rings (SSSR count). The molecule has 2 aromatic heterocycles. The van der Waals surface area contributed by atoms with Gasteiger partial charge in [0, 0.05) is 18.0 Å². The molecule has 1 aliphatic rings. The molecule has 0 bridgehead atoms. The van der Waals surface area contributed by atoms with E-state index in [2.05, 4.69) is 15.2 Å². The van der Waals surface area contributed by atoms with Crippen molar-refractivity contribution in [3.63, 3.8) is 0 Å². The first-order chi connectivity index (χ1) is 8.65. The third-order valence-corrected chi connectivity index (χ3v) is 3.90. The second-order valence-electron chi connectivity index (χ2n) is 4.49. The molecule has 0 saturated carbocycles. The topological polar surface area (TPSA) is 75.7 Å². The molecule has 0 aliphatic carbocycles. The van der Waals surface area contributed by atoms with Gasteiger partial charge in [-0.15, -0.1) is 0 Å². The van der Waals surface area contributed by atoms with Crippen molar-refractivity contribution in [3.8, 4) is 0 Å². The maximum absolute atomic E-state index is 11.1. The van der Waals surface area contributed by atoms with E-state index in [4.69, 9.17) is 0 Å². The van der Waals surface area contributed by atoms with Crippen molar-refractivity contribution in [2.24, 2.45) is 0 Å². The normalized spacial score (nSPS) is 20.6. The summed E-state index contributed by atoms with van der Waals surface area (Å²) in [5, 5.41) is 16.1. The quantitative estimate of drug-likeness (QED) is 0.672. The van der Waals surface area contributed by atoms with Crippen LogP contribution in [0.25, 0.3) is 4.96 Å². The molecule has 8 heteroatoms. The number of hydrogen-bond donors (Lipinski definition) is 1. The van der Waals surface area contributed by atoms with Crippen molar-refractivity contribution < 1.29 is 4.92 Å². The highest BCUT2D eigenvalue weighted by molar-refractivity contribution is 7.15. The Morgan fingerprint density at radius 3 is 3.17 bits per heavy atom. The van der Waals surface area contributed by atoms with E-state index in [0.717, 1.165) is 19.5 Å². The number of nitrogens with one attached hydrogen (secondary N) is 1. The van der Waals surface area contributed by atoms with Gasteiger partial charge in [0.1, 0.15) is 6.20 Å². The van der Waals surface area contributed by atoms with E-state index in [9.17, 15) is 10.1 Å². The average Bonchev–Trinajstić information content (AvgIpc) is 2.93. The van der Waals surface area contributed by atoms with Gasteiger partial charge in [-0.05, 0) is 24.9 Å². The van der Waals surface area contributed by atoms with E-state index >= 15 is 0 Å². The second-order valence-corrected chi connectivity index (χ2v) is 5.36. The highest BCUT2D eigenvalue weighted by Crippen LogP contribution is 2.29. The van der Waals surface area contributed by atoms with Crippen molar-refractivity contribution in [1.29, 1.82) is 0 Å². The molecule has 18 heavy (non-hydrogen) atoms. The molecule has 1 N–H and O–H groups in total. The third kappa shape index (κ3) is 1.83. The summed E-state index contributed by atoms with van der Waals surface area (Å²) in [6, 6.07) is 0.235. The van der Waals surface area contributed by atoms with Crippen LogP contribution in [0, 0.1) is 10.1 Å². The Kier molecular flexibility index (Phi) is 2.67. The monoisotopic (exact) mass is 267 g/mol. The largest absolute Gasteiger partial charge is 0.372 e. The van der Waals surface area contributed by atoms with Gasteiger partial charge >= 0.3 is 5.82 Å². The molecule has 0 aromatic carbocycles. The molecule has 1 aliphatic heterocycles. The fourth-order valence-electron chi connectivity index (χ4n) is 2.29. The Bertz CT molecular complexity index is 592. The van der Waals surface area contributed by atoms with Gasteiger partial charge in [-0.3, -0.25) is 0 Å². The molecule has 7 nitrogen and oxygen atoms in total. The van der Waals surface area contributed by atoms with Crippen molar-refractivity contribution >= 4 is 27.9 Å². The standard InChI is InChI=1S/C10H13N5O2S/c1-13-3-2-7(6-13)11-8-9(15(16)17)14-4-5-18-10(14)12-8/h4-5,7,11H,2-3,6H2,1H3. The van der Waals surface area contributed by atoms with Crippen LogP contribution in [0.5, 0.6) is 0 Å². The summed E-state index contributed by atoms with van der Waals surface area (Å²) in [7, 11) is 2.04. The van der Waals surface area contributed by atoms with E-state index in [1.165, 1.54) is 15.7 Å². The predicted octanol–water partition coefficient (Wildman–Crippen LogP) is 1.42. The zero-order chi connectivity index (χ0) is 12.7. The second kappa shape index (κ2) is 4.21. The summed E-state index contributed by atoms with van der Waals surface area (Å²) in [5.41, 5.74) is 0. The van der Waals surface area contributed by atoms with E-state index in [-0.39, 0.29) is 16.8 Å². The Labute approximate surface area is 107 Å². The first-order valence-corrected chi connectivity index (χ1v) is 6.58. The molecular weight excluding hydrogens is 254 g/mol. The fraction of sp³-hybridized carbons (Fsp3) is 0.500. The van der Waals surface area contributed by atoms with Gasteiger partial charge < -0.3 is 20.3 Å². The maximum atomic E-state index is 11.1. The summed E-state index contributed by atoms with van der Waals surface area (Å²) in [6.07, 6.45) is 2.66. The molecule has 1 saturated heterocycles. The van der Waals surface area contributed by atoms with Crippen molar-refractivity contribution in [3.05, 3.63) is 21.7 Å². The summed E-state index contributed by atoms with van der Waals surface area (Å²) < 4.78 is 1.52. The lowest BCUT2D eigenvalue weighted by atomic mass is 10.2. The van der Waals surface area contributed by atoms with Crippen LogP contribution >= 0.6 is 11.3 Å². The van der Waals surface area contributed by atoms with E-state index in [1.54, 1.807) is 11.6 Å². The number of nitrogens with zero attached hydrogens (tertiary/aromatic N) is 4. The van der Waals surface area contributed by atoms with Crippen LogP contribution in [-0.4, -0.2) is 45.4 Å². The lowest BCUT2D eigenvalue weighted by Gasteiger charge is -2.11. The molecule has 0 radical (unpaired) electrons. The first-order valence-electron chi connectivity index (χ1n) is 5.70. The number of rotatable bonds is 3. The number of fused-ring (bicyclic) bond motifs is 1. The van der Waals surface area contributed by atoms with E-state index in [1.807, 2.05) is 7.05 Å². The highest BCUT2D eigenvalue weighted by Gasteiger charge is 2.27. The minimum Gasteiger partial charge on any atom is -0.359 e. The Morgan fingerprint density at radius 2 is 2.50 bits per heavy atom. The molecule has 0 amide bonds. The smallest absolute Gasteiger partial charge is 0.359 e. The molecule has 0 spiro atoms. The van der Waals surface area contributed by atoms with E-state index < -0.39 is 0 Å². The van der Waals surface area contributed by atoms with Crippen molar-refractivity contribution in [2.75, 3.05) is 25.5 Å². The van der Waals surface area contributed by atoms with Crippen LogP contribution in [0.4, 0.5) is 11.6 Å². The predicted molar refractivity (Wildman–Crippen MR) is 69.2 cm³/mol. The highest BCUT2D eigenvalue weighted by atomic mass is 32.1.